The average Bonchev–Trinajstić information content (AvgIpc) is 2.45. The van der Waals surface area contributed by atoms with E-state index in [9.17, 15) is 19.1 Å². The summed E-state index contributed by atoms with van der Waals surface area (Å²) in [5.74, 6) is -1.73. The topological polar surface area (TPSA) is 54.4 Å². The Labute approximate surface area is 124 Å². The first-order valence-electron chi connectivity index (χ1n) is 6.07. The van der Waals surface area contributed by atoms with Gasteiger partial charge in [0.05, 0.1) is 10.6 Å². The molecule has 1 N–H and O–H groups in total. The number of fused-ring (bicyclic) bond motifs is 1. The molecule has 0 atom stereocenters. The molecule has 0 heterocycles. The summed E-state index contributed by atoms with van der Waals surface area (Å²) in [6, 6.07) is 8.10. The minimum atomic E-state index is -0.603. The van der Waals surface area contributed by atoms with Crippen molar-refractivity contribution in [2.45, 2.75) is 0 Å². The number of ketones is 2. The van der Waals surface area contributed by atoms with Crippen molar-refractivity contribution in [2.75, 3.05) is 0 Å². The highest BCUT2D eigenvalue weighted by Crippen LogP contribution is 2.33. The van der Waals surface area contributed by atoms with Gasteiger partial charge in [-0.2, -0.15) is 0 Å². The van der Waals surface area contributed by atoms with Gasteiger partial charge < -0.3 is 5.11 Å². The zero-order chi connectivity index (χ0) is 15.1. The number of carbonyl (C=O) groups is 2. The minimum Gasteiger partial charge on any atom is -0.507 e. The first-order valence-corrected chi connectivity index (χ1v) is 6.45. The summed E-state index contributed by atoms with van der Waals surface area (Å²) in [6.07, 6.45) is 1.13. The molecule has 0 unspecified atom stereocenters. The number of hydrogen-bond acceptors (Lipinski definition) is 3. The highest BCUT2D eigenvalue weighted by atomic mass is 35.5. The zero-order valence-electron chi connectivity index (χ0n) is 10.6. The molecule has 21 heavy (non-hydrogen) atoms. The highest BCUT2D eigenvalue weighted by molar-refractivity contribution is 6.39. The number of rotatable bonds is 1. The van der Waals surface area contributed by atoms with E-state index in [1.54, 1.807) is 0 Å². The van der Waals surface area contributed by atoms with Gasteiger partial charge >= 0.3 is 0 Å². The molecule has 1 aliphatic carbocycles. The number of allylic oxidation sites excluding steroid dienone is 2. The van der Waals surface area contributed by atoms with Crippen molar-refractivity contribution in [3.05, 3.63) is 70.0 Å². The number of phenols is 1. The van der Waals surface area contributed by atoms with E-state index in [1.807, 2.05) is 0 Å². The third-order valence-corrected chi connectivity index (χ3v) is 3.57. The number of aromatic hydroxyl groups is 1. The van der Waals surface area contributed by atoms with Crippen LogP contribution in [0, 0.1) is 5.82 Å². The predicted molar refractivity (Wildman–Crippen MR) is 76.2 cm³/mol. The maximum Gasteiger partial charge on any atom is 0.194 e. The van der Waals surface area contributed by atoms with Gasteiger partial charge in [-0.3, -0.25) is 9.59 Å². The number of phenolic OH excluding ortho intramolecular Hbond substituents is 1. The van der Waals surface area contributed by atoms with Crippen LogP contribution in [0.4, 0.5) is 4.39 Å². The van der Waals surface area contributed by atoms with Crippen LogP contribution in [0.2, 0.25) is 5.02 Å². The summed E-state index contributed by atoms with van der Waals surface area (Å²) in [6.45, 7) is 0. The smallest absolute Gasteiger partial charge is 0.194 e. The third kappa shape index (κ3) is 2.14. The molecule has 104 valence electrons. The van der Waals surface area contributed by atoms with Crippen molar-refractivity contribution in [2.24, 2.45) is 0 Å². The predicted octanol–water partition coefficient (Wildman–Crippen LogP) is 3.65. The SMILES string of the molecule is O=C1C(c2ccc(F)c(Cl)c2)=CC(=O)c2c(O)cccc21. The number of Topliss-reactive ketones (excluding diaryl/α,β-unsaturated/α-hetero) is 1. The second-order valence-electron chi connectivity index (χ2n) is 4.58. The lowest BCUT2D eigenvalue weighted by Crippen LogP contribution is -2.16. The van der Waals surface area contributed by atoms with Crippen LogP contribution in [-0.4, -0.2) is 16.7 Å². The second-order valence-corrected chi connectivity index (χ2v) is 4.99. The van der Waals surface area contributed by atoms with Crippen molar-refractivity contribution < 1.29 is 19.1 Å². The average molecular weight is 303 g/mol. The summed E-state index contributed by atoms with van der Waals surface area (Å²) in [4.78, 5) is 24.5. The quantitative estimate of drug-likeness (QED) is 0.875. The minimum absolute atomic E-state index is 0.0144. The molecular weight excluding hydrogens is 295 g/mol. The standard InChI is InChI=1S/C16H8ClFO3/c17-11-6-8(4-5-12(11)18)10-7-14(20)15-9(16(10)21)2-1-3-13(15)19/h1-7,19H. The second kappa shape index (κ2) is 4.82. The van der Waals surface area contributed by atoms with E-state index >= 15 is 0 Å². The van der Waals surface area contributed by atoms with Gasteiger partial charge in [0.2, 0.25) is 0 Å². The first-order chi connectivity index (χ1) is 9.99. The molecule has 0 amide bonds. The molecule has 2 aromatic rings. The molecule has 3 rings (SSSR count). The van der Waals surface area contributed by atoms with Gasteiger partial charge in [0.25, 0.3) is 0 Å². The molecule has 0 aliphatic heterocycles. The summed E-state index contributed by atoms with van der Waals surface area (Å²) in [7, 11) is 0. The molecule has 2 aromatic carbocycles. The largest absolute Gasteiger partial charge is 0.507 e. The summed E-state index contributed by atoms with van der Waals surface area (Å²) in [5.41, 5.74) is 0.589. The van der Waals surface area contributed by atoms with Crippen molar-refractivity contribution in [1.29, 1.82) is 0 Å². The fraction of sp³-hybridized carbons (Fsp3) is 0. The van der Waals surface area contributed by atoms with Crippen LogP contribution < -0.4 is 0 Å². The van der Waals surface area contributed by atoms with Gasteiger partial charge in [-0.15, -0.1) is 0 Å². The summed E-state index contributed by atoms with van der Waals surface area (Å²) < 4.78 is 13.2. The van der Waals surface area contributed by atoms with E-state index in [4.69, 9.17) is 11.6 Å². The van der Waals surface area contributed by atoms with Crippen LogP contribution >= 0.6 is 11.6 Å². The molecule has 0 saturated heterocycles. The molecular formula is C16H8ClFO3. The Bertz CT molecular complexity index is 824. The van der Waals surface area contributed by atoms with Gasteiger partial charge in [0.1, 0.15) is 11.6 Å². The van der Waals surface area contributed by atoms with Crippen LogP contribution in [0.25, 0.3) is 5.57 Å². The van der Waals surface area contributed by atoms with Crippen LogP contribution in [0.5, 0.6) is 5.75 Å². The molecule has 5 heteroatoms. The fourth-order valence-corrected chi connectivity index (χ4v) is 2.46. The van der Waals surface area contributed by atoms with Gasteiger partial charge in [-0.25, -0.2) is 4.39 Å². The molecule has 0 saturated carbocycles. The normalized spacial score (nSPS) is 13.9. The molecule has 1 aliphatic rings. The van der Waals surface area contributed by atoms with E-state index in [-0.39, 0.29) is 27.5 Å². The molecule has 0 fully saturated rings. The lowest BCUT2D eigenvalue weighted by molar-refractivity contribution is 0.0999. The molecule has 0 radical (unpaired) electrons. The highest BCUT2D eigenvalue weighted by Gasteiger charge is 2.28. The van der Waals surface area contributed by atoms with Gasteiger partial charge in [0.15, 0.2) is 11.6 Å². The Morgan fingerprint density at radius 1 is 1.10 bits per heavy atom. The molecule has 0 bridgehead atoms. The van der Waals surface area contributed by atoms with Crippen LogP contribution in [0.1, 0.15) is 26.3 Å². The van der Waals surface area contributed by atoms with Crippen molar-refractivity contribution in [3.8, 4) is 5.75 Å². The number of benzene rings is 2. The molecule has 3 nitrogen and oxygen atoms in total. The van der Waals surface area contributed by atoms with E-state index < -0.39 is 17.4 Å². The third-order valence-electron chi connectivity index (χ3n) is 3.28. The lowest BCUT2D eigenvalue weighted by atomic mass is 9.86. The maximum atomic E-state index is 13.2. The van der Waals surface area contributed by atoms with Crippen molar-refractivity contribution >= 4 is 28.7 Å². The monoisotopic (exact) mass is 302 g/mol. The first kappa shape index (κ1) is 13.5. The Morgan fingerprint density at radius 2 is 1.86 bits per heavy atom. The fourth-order valence-electron chi connectivity index (χ4n) is 2.28. The molecule has 0 aromatic heterocycles. The Hall–Kier alpha value is -2.46. The van der Waals surface area contributed by atoms with Gasteiger partial charge in [-0.05, 0) is 29.8 Å². The van der Waals surface area contributed by atoms with E-state index in [2.05, 4.69) is 0 Å². The zero-order valence-corrected chi connectivity index (χ0v) is 11.3. The van der Waals surface area contributed by atoms with Crippen molar-refractivity contribution in [3.63, 3.8) is 0 Å². The van der Waals surface area contributed by atoms with Gasteiger partial charge in [0, 0.05) is 11.1 Å². The lowest BCUT2D eigenvalue weighted by Gasteiger charge is -2.16. The Balaban J connectivity index is 2.17. The van der Waals surface area contributed by atoms with Crippen LogP contribution in [0.3, 0.4) is 0 Å². The van der Waals surface area contributed by atoms with Gasteiger partial charge in [-0.1, -0.05) is 29.8 Å². The van der Waals surface area contributed by atoms with Crippen LogP contribution in [-0.2, 0) is 0 Å². The van der Waals surface area contributed by atoms with Crippen LogP contribution in [0.15, 0.2) is 42.5 Å². The Kier molecular flexibility index (Phi) is 3.11. The molecule has 0 spiro atoms. The summed E-state index contributed by atoms with van der Waals surface area (Å²) >= 11 is 5.70. The number of carbonyl (C=O) groups excluding carboxylic acids is 2. The van der Waals surface area contributed by atoms with E-state index in [0.717, 1.165) is 12.1 Å². The maximum absolute atomic E-state index is 13.2. The van der Waals surface area contributed by atoms with E-state index in [1.165, 1.54) is 30.3 Å². The Morgan fingerprint density at radius 3 is 2.57 bits per heavy atom. The van der Waals surface area contributed by atoms with Crippen molar-refractivity contribution in [1.82, 2.24) is 0 Å². The van der Waals surface area contributed by atoms with E-state index in [0.29, 0.717) is 5.56 Å². The number of hydrogen-bond donors (Lipinski definition) is 1. The number of halogens is 2. The summed E-state index contributed by atoms with van der Waals surface area (Å²) in [5, 5.41) is 9.58.